The van der Waals surface area contributed by atoms with Gasteiger partial charge in [0.15, 0.2) is 11.2 Å². The summed E-state index contributed by atoms with van der Waals surface area (Å²) in [6.45, 7) is 18.2. The highest BCUT2D eigenvalue weighted by atomic mass is 16.4. The van der Waals surface area contributed by atoms with Crippen molar-refractivity contribution in [2.45, 2.75) is 105 Å². The highest BCUT2D eigenvalue weighted by molar-refractivity contribution is 5.85. The first-order chi connectivity index (χ1) is 34.1. The zero-order chi connectivity index (χ0) is 48.5. The van der Waals surface area contributed by atoms with Crippen LogP contribution in [0.4, 0.5) is 0 Å². The Kier molecular flexibility index (Phi) is 13.2. The van der Waals surface area contributed by atoms with Gasteiger partial charge >= 0.3 is 0 Å². The third-order valence-electron chi connectivity index (χ3n) is 14.9. The average Bonchev–Trinajstić information content (AvgIpc) is 4.06. The molecule has 6 nitrogen and oxygen atoms in total. The van der Waals surface area contributed by atoms with Crippen molar-refractivity contribution in [1.82, 2.24) is 19.9 Å². The predicted octanol–water partition coefficient (Wildman–Crippen LogP) is 18.5. The van der Waals surface area contributed by atoms with E-state index in [2.05, 4.69) is 194 Å². The number of fused-ring (bicyclic) bond motifs is 2. The van der Waals surface area contributed by atoms with Gasteiger partial charge in [-0.25, -0.2) is 15.0 Å². The number of oxazole rings is 2. The van der Waals surface area contributed by atoms with Gasteiger partial charge in [0, 0.05) is 28.5 Å². The largest absolute Gasteiger partial charge is 0.436 e. The van der Waals surface area contributed by atoms with Crippen molar-refractivity contribution in [3.8, 4) is 78.9 Å². The van der Waals surface area contributed by atoms with Crippen LogP contribution in [-0.2, 0) is 0 Å². The highest BCUT2D eigenvalue weighted by Gasteiger charge is 2.21. The van der Waals surface area contributed by atoms with Gasteiger partial charge in [0.05, 0.1) is 17.1 Å². The molecule has 4 unspecified atom stereocenters. The summed E-state index contributed by atoms with van der Waals surface area (Å²) < 4.78 is 12.8. The fraction of sp³-hybridized carbons (Fsp3) is 0.250. The van der Waals surface area contributed by atoms with E-state index in [0.29, 0.717) is 35.5 Å². The van der Waals surface area contributed by atoms with E-state index in [9.17, 15) is 0 Å². The molecule has 0 fully saturated rings. The van der Waals surface area contributed by atoms with E-state index in [0.717, 1.165) is 115 Å². The number of rotatable bonds is 15. The maximum atomic E-state index is 6.41. The second kappa shape index (κ2) is 19.9. The lowest BCUT2D eigenvalue weighted by Crippen LogP contribution is -2.02. The Bertz CT molecular complexity index is 3310. The summed E-state index contributed by atoms with van der Waals surface area (Å²) in [5.74, 6) is 3.16. The minimum atomic E-state index is 0.461. The molecule has 6 heteroatoms. The van der Waals surface area contributed by atoms with E-state index >= 15 is 0 Å². The van der Waals surface area contributed by atoms with E-state index < -0.39 is 0 Å². The molecule has 0 aliphatic rings. The molecule has 0 N–H and O–H groups in total. The molecule has 10 aromatic rings. The van der Waals surface area contributed by atoms with Crippen LogP contribution in [0.2, 0.25) is 0 Å². The fourth-order valence-corrected chi connectivity index (χ4v) is 9.69. The third-order valence-corrected chi connectivity index (χ3v) is 14.9. The normalized spacial score (nSPS) is 13.4. The van der Waals surface area contributed by atoms with E-state index in [1.807, 2.05) is 24.4 Å². The molecular weight excluding hydrogens is 857 g/mol. The summed E-state index contributed by atoms with van der Waals surface area (Å²) in [6.07, 6.45) is 6.17. The van der Waals surface area contributed by atoms with Gasteiger partial charge in [-0.2, -0.15) is 0 Å². The van der Waals surface area contributed by atoms with Crippen LogP contribution >= 0.6 is 0 Å². The van der Waals surface area contributed by atoms with Crippen molar-refractivity contribution in [3.63, 3.8) is 0 Å². The Balaban J connectivity index is 0.906. The maximum Gasteiger partial charge on any atom is 0.227 e. The SMILES string of the molecule is CCC(C)c1cc2nc(-c3ccc(-c4ccc(-c5ccc(-c6ccccn6)nc5-c5ccc(-c6ccc(-c7nc8cc(C(C)CC)c(C(C)CC)cc8o7)cc6)cc5)cc4)cc3)oc2cc1C(C)CC. The topological polar surface area (TPSA) is 77.8 Å². The predicted molar refractivity (Wildman–Crippen MR) is 290 cm³/mol. The Morgan fingerprint density at radius 3 is 1.16 bits per heavy atom. The second-order valence-electron chi connectivity index (χ2n) is 19.3. The Hall–Kier alpha value is -7.44. The van der Waals surface area contributed by atoms with Gasteiger partial charge in [-0.1, -0.05) is 134 Å². The molecule has 4 atom stereocenters. The summed E-state index contributed by atoms with van der Waals surface area (Å²) in [5.41, 5.74) is 21.2. The van der Waals surface area contributed by atoms with Crippen LogP contribution in [0.1, 0.15) is 127 Å². The van der Waals surface area contributed by atoms with Crippen LogP contribution < -0.4 is 0 Å². The monoisotopic (exact) mass is 918 g/mol. The molecule has 4 heterocycles. The molecule has 70 heavy (non-hydrogen) atoms. The van der Waals surface area contributed by atoms with Crippen LogP contribution in [0.3, 0.4) is 0 Å². The number of hydrogen-bond acceptors (Lipinski definition) is 6. The average molecular weight is 919 g/mol. The van der Waals surface area contributed by atoms with Crippen LogP contribution in [0.5, 0.6) is 0 Å². The highest BCUT2D eigenvalue weighted by Crippen LogP contribution is 2.39. The molecule has 4 aromatic heterocycles. The van der Waals surface area contributed by atoms with Crippen molar-refractivity contribution in [3.05, 3.63) is 180 Å². The Morgan fingerprint density at radius 2 is 0.757 bits per heavy atom. The molecular formula is C64H62N4O2. The first kappa shape index (κ1) is 46.3. The van der Waals surface area contributed by atoms with Gasteiger partial charge in [0.2, 0.25) is 11.8 Å². The molecule has 0 bridgehead atoms. The van der Waals surface area contributed by atoms with E-state index in [4.69, 9.17) is 23.8 Å². The van der Waals surface area contributed by atoms with Gasteiger partial charge in [0.1, 0.15) is 11.0 Å². The molecule has 350 valence electrons. The first-order valence-electron chi connectivity index (χ1n) is 25.4. The van der Waals surface area contributed by atoms with Gasteiger partial charge in [-0.05, 0) is 172 Å². The van der Waals surface area contributed by atoms with E-state index in [1.165, 1.54) is 22.3 Å². The lowest BCUT2D eigenvalue weighted by Gasteiger charge is -2.19. The third kappa shape index (κ3) is 9.11. The standard InChI is InChI=1S/C64H62N4O2/c1-9-39(5)52-35-58-60(37-54(52)41(7)11-3)69-63(67-58)49-28-20-45(21-29-49)43-16-24-47(25-17-43)51-32-33-57(56-15-13-14-34-65-56)66-62(51)48-26-18-44(19-27-48)46-22-30-50(31-23-46)64-68-59-36-53(40(6)10-2)55(42(8)12-4)38-61(59)70-64/h13-42H,9-12H2,1-8H3. The van der Waals surface area contributed by atoms with Crippen LogP contribution in [0, 0.1) is 0 Å². The summed E-state index contributed by atoms with van der Waals surface area (Å²) in [5, 5.41) is 0. The van der Waals surface area contributed by atoms with Crippen molar-refractivity contribution < 1.29 is 8.83 Å². The molecule has 0 spiro atoms. The number of benzene rings is 6. The van der Waals surface area contributed by atoms with Crippen LogP contribution in [-0.4, -0.2) is 19.9 Å². The summed E-state index contributed by atoms with van der Waals surface area (Å²) in [7, 11) is 0. The summed E-state index contributed by atoms with van der Waals surface area (Å²) in [6, 6.07) is 53.6. The first-order valence-corrected chi connectivity index (χ1v) is 25.4. The van der Waals surface area contributed by atoms with Crippen molar-refractivity contribution >= 4 is 22.2 Å². The molecule has 0 saturated heterocycles. The lowest BCUT2D eigenvalue weighted by atomic mass is 9.86. The number of nitrogens with zero attached hydrogens (tertiary/aromatic N) is 4. The van der Waals surface area contributed by atoms with Crippen LogP contribution in [0.25, 0.3) is 101 Å². The minimum absolute atomic E-state index is 0.461. The Labute approximate surface area is 413 Å². The zero-order valence-corrected chi connectivity index (χ0v) is 41.8. The van der Waals surface area contributed by atoms with E-state index in [1.54, 1.807) is 0 Å². The number of hydrogen-bond donors (Lipinski definition) is 0. The van der Waals surface area contributed by atoms with Gasteiger partial charge in [-0.15, -0.1) is 0 Å². The lowest BCUT2D eigenvalue weighted by molar-refractivity contribution is 0.616. The van der Waals surface area contributed by atoms with Crippen molar-refractivity contribution in [2.24, 2.45) is 0 Å². The number of aromatic nitrogens is 4. The van der Waals surface area contributed by atoms with Crippen molar-refractivity contribution in [1.29, 1.82) is 0 Å². The molecule has 0 amide bonds. The molecule has 10 rings (SSSR count). The van der Waals surface area contributed by atoms with Gasteiger partial charge < -0.3 is 8.83 Å². The molecule has 0 aliphatic carbocycles. The van der Waals surface area contributed by atoms with Crippen LogP contribution in [0.15, 0.2) is 167 Å². The Morgan fingerprint density at radius 1 is 0.371 bits per heavy atom. The van der Waals surface area contributed by atoms with Gasteiger partial charge in [0.25, 0.3) is 0 Å². The van der Waals surface area contributed by atoms with Gasteiger partial charge in [-0.3, -0.25) is 4.98 Å². The molecule has 6 aromatic carbocycles. The smallest absolute Gasteiger partial charge is 0.227 e. The fourth-order valence-electron chi connectivity index (χ4n) is 9.69. The zero-order valence-electron chi connectivity index (χ0n) is 41.8. The summed E-state index contributed by atoms with van der Waals surface area (Å²) >= 11 is 0. The van der Waals surface area contributed by atoms with E-state index in [-0.39, 0.29) is 0 Å². The quantitative estimate of drug-likeness (QED) is 0.102. The molecule has 0 saturated carbocycles. The molecule has 0 radical (unpaired) electrons. The maximum absolute atomic E-state index is 6.41. The van der Waals surface area contributed by atoms with Crippen molar-refractivity contribution in [2.75, 3.05) is 0 Å². The number of pyridine rings is 2. The molecule has 0 aliphatic heterocycles. The second-order valence-corrected chi connectivity index (χ2v) is 19.3. The summed E-state index contributed by atoms with van der Waals surface area (Å²) in [4.78, 5) is 19.8. The minimum Gasteiger partial charge on any atom is -0.436 e.